The minimum atomic E-state index is -1.06. The quantitative estimate of drug-likeness (QED) is 0.661. The number of nitro groups is 1. The molecule has 0 aliphatic carbocycles. The lowest BCUT2D eigenvalue weighted by atomic mass is 9.88. The highest BCUT2D eigenvalue weighted by atomic mass is 16.6. The van der Waals surface area contributed by atoms with Crippen LogP contribution in [-0.4, -0.2) is 33.1 Å². The summed E-state index contributed by atoms with van der Waals surface area (Å²) in [6.07, 6.45) is 3.53. The van der Waals surface area contributed by atoms with Gasteiger partial charge in [0, 0.05) is 18.8 Å². The van der Waals surface area contributed by atoms with Crippen molar-refractivity contribution in [2.24, 2.45) is 0 Å². The van der Waals surface area contributed by atoms with Crippen LogP contribution >= 0.6 is 0 Å². The molecule has 0 saturated carbocycles. The summed E-state index contributed by atoms with van der Waals surface area (Å²) < 4.78 is 0. The molecule has 0 aromatic carbocycles. The van der Waals surface area contributed by atoms with Gasteiger partial charge >= 0.3 is 5.97 Å². The smallest absolute Gasteiger partial charge is 0.329 e. The molecule has 1 aromatic heterocycles. The zero-order valence-electron chi connectivity index (χ0n) is 10.6. The number of aliphatic carboxylic acids is 1. The monoisotopic (exact) mass is 265 g/mol. The number of carbonyl (C=O) groups is 1. The molecule has 102 valence electrons. The number of aromatic nitrogens is 1. The predicted molar refractivity (Wildman–Crippen MR) is 68.1 cm³/mol. The Morgan fingerprint density at radius 3 is 2.95 bits per heavy atom. The van der Waals surface area contributed by atoms with Gasteiger partial charge in [-0.05, 0) is 26.2 Å². The molecule has 7 nitrogen and oxygen atoms in total. The standard InChI is InChI=1S/C12H15N3O4/c1-12(11(16)17)5-2-3-7-14(12)10-8-9(15(18)19)4-6-13-10/h4,6,8H,2-3,5,7H2,1H3,(H,16,17). The van der Waals surface area contributed by atoms with Gasteiger partial charge in [-0.2, -0.15) is 0 Å². The van der Waals surface area contributed by atoms with E-state index in [1.54, 1.807) is 11.8 Å². The van der Waals surface area contributed by atoms with Crippen molar-refractivity contribution < 1.29 is 14.8 Å². The van der Waals surface area contributed by atoms with Gasteiger partial charge < -0.3 is 10.0 Å². The average molecular weight is 265 g/mol. The molecule has 1 fully saturated rings. The van der Waals surface area contributed by atoms with Gasteiger partial charge in [0.25, 0.3) is 5.69 Å². The SMILES string of the molecule is CC1(C(=O)O)CCCCN1c1cc([N+](=O)[O-])ccn1. The van der Waals surface area contributed by atoms with Crippen LogP contribution in [0.1, 0.15) is 26.2 Å². The van der Waals surface area contributed by atoms with E-state index in [2.05, 4.69) is 4.98 Å². The molecule has 7 heteroatoms. The molecule has 0 amide bonds. The number of rotatable bonds is 3. The predicted octanol–water partition coefficient (Wildman–Crippen LogP) is 1.82. The second-order valence-corrected chi connectivity index (χ2v) is 4.82. The summed E-state index contributed by atoms with van der Waals surface area (Å²) in [4.78, 5) is 27.5. The first-order valence-electron chi connectivity index (χ1n) is 6.06. The van der Waals surface area contributed by atoms with Crippen molar-refractivity contribution in [2.45, 2.75) is 31.7 Å². The van der Waals surface area contributed by atoms with E-state index in [0.29, 0.717) is 18.8 Å². The van der Waals surface area contributed by atoms with E-state index in [4.69, 9.17) is 0 Å². The van der Waals surface area contributed by atoms with Gasteiger partial charge in [0.05, 0.1) is 11.0 Å². The van der Waals surface area contributed by atoms with Gasteiger partial charge in [0.15, 0.2) is 0 Å². The third-order valence-corrected chi connectivity index (χ3v) is 3.57. The summed E-state index contributed by atoms with van der Waals surface area (Å²) in [5.74, 6) is -0.584. The number of nitrogens with zero attached hydrogens (tertiary/aromatic N) is 3. The van der Waals surface area contributed by atoms with Crippen molar-refractivity contribution in [3.05, 3.63) is 28.4 Å². The minimum absolute atomic E-state index is 0.0803. The van der Waals surface area contributed by atoms with Crippen molar-refractivity contribution in [3.8, 4) is 0 Å². The van der Waals surface area contributed by atoms with Crippen molar-refractivity contribution >= 4 is 17.5 Å². The Labute approximate surface area is 110 Å². The van der Waals surface area contributed by atoms with Crippen LogP contribution < -0.4 is 4.90 Å². The van der Waals surface area contributed by atoms with E-state index < -0.39 is 16.4 Å². The average Bonchev–Trinajstić information content (AvgIpc) is 2.39. The Kier molecular flexibility index (Phi) is 3.37. The summed E-state index contributed by atoms with van der Waals surface area (Å²) in [7, 11) is 0. The molecule has 1 saturated heterocycles. The Morgan fingerprint density at radius 2 is 2.32 bits per heavy atom. The van der Waals surface area contributed by atoms with Crippen molar-refractivity contribution in [1.29, 1.82) is 0 Å². The normalized spacial score (nSPS) is 23.1. The highest BCUT2D eigenvalue weighted by Gasteiger charge is 2.42. The fraction of sp³-hybridized carbons (Fsp3) is 0.500. The molecule has 1 aromatic rings. The summed E-state index contributed by atoms with van der Waals surface area (Å²) in [5, 5.41) is 20.2. The molecular formula is C12H15N3O4. The number of carboxylic acid groups (broad SMARTS) is 1. The molecule has 1 atom stereocenters. The lowest BCUT2D eigenvalue weighted by Crippen LogP contribution is -2.55. The second-order valence-electron chi connectivity index (χ2n) is 4.82. The number of hydrogen-bond acceptors (Lipinski definition) is 5. The Balaban J connectivity index is 2.40. The van der Waals surface area contributed by atoms with E-state index >= 15 is 0 Å². The van der Waals surface area contributed by atoms with Gasteiger partial charge in [-0.1, -0.05) is 0 Å². The highest BCUT2D eigenvalue weighted by molar-refractivity contribution is 5.83. The molecule has 1 N–H and O–H groups in total. The maximum atomic E-state index is 11.5. The molecule has 1 unspecified atom stereocenters. The Bertz CT molecular complexity index is 519. The Morgan fingerprint density at radius 1 is 1.58 bits per heavy atom. The number of hydrogen-bond donors (Lipinski definition) is 1. The molecule has 2 heterocycles. The maximum Gasteiger partial charge on any atom is 0.329 e. The summed E-state index contributed by atoms with van der Waals surface area (Å²) in [5.41, 5.74) is -1.14. The van der Waals surface area contributed by atoms with E-state index in [-0.39, 0.29) is 5.69 Å². The van der Waals surface area contributed by atoms with E-state index in [1.807, 2.05) is 0 Å². The largest absolute Gasteiger partial charge is 0.480 e. The van der Waals surface area contributed by atoms with Gasteiger partial charge in [0.2, 0.25) is 0 Å². The van der Waals surface area contributed by atoms with E-state index in [0.717, 1.165) is 12.8 Å². The summed E-state index contributed by atoms with van der Waals surface area (Å²) >= 11 is 0. The maximum absolute atomic E-state index is 11.5. The van der Waals surface area contributed by atoms with Crippen LogP contribution in [0.2, 0.25) is 0 Å². The fourth-order valence-electron chi connectivity index (χ4n) is 2.38. The fourth-order valence-corrected chi connectivity index (χ4v) is 2.38. The van der Waals surface area contributed by atoms with E-state index in [1.165, 1.54) is 18.3 Å². The lowest BCUT2D eigenvalue weighted by Gasteiger charge is -2.42. The highest BCUT2D eigenvalue weighted by Crippen LogP contribution is 2.33. The van der Waals surface area contributed by atoms with Crippen LogP contribution in [0.25, 0.3) is 0 Å². The summed E-state index contributed by atoms with van der Waals surface area (Å²) in [6.45, 7) is 2.17. The summed E-state index contributed by atoms with van der Waals surface area (Å²) in [6, 6.07) is 2.62. The second kappa shape index (κ2) is 4.83. The van der Waals surface area contributed by atoms with Crippen LogP contribution in [0.4, 0.5) is 11.5 Å². The topological polar surface area (TPSA) is 96.6 Å². The van der Waals surface area contributed by atoms with Crippen LogP contribution in [0.3, 0.4) is 0 Å². The van der Waals surface area contributed by atoms with Crippen molar-refractivity contribution in [2.75, 3.05) is 11.4 Å². The van der Waals surface area contributed by atoms with Gasteiger partial charge in [-0.25, -0.2) is 9.78 Å². The van der Waals surface area contributed by atoms with Crippen molar-refractivity contribution in [3.63, 3.8) is 0 Å². The molecule has 0 spiro atoms. The van der Waals surface area contributed by atoms with Crippen molar-refractivity contribution in [1.82, 2.24) is 4.98 Å². The lowest BCUT2D eigenvalue weighted by molar-refractivity contribution is -0.384. The zero-order valence-corrected chi connectivity index (χ0v) is 10.6. The third kappa shape index (κ3) is 2.35. The van der Waals surface area contributed by atoms with Gasteiger partial charge in [0.1, 0.15) is 11.4 Å². The first-order chi connectivity index (χ1) is 8.95. The van der Waals surface area contributed by atoms with Gasteiger partial charge in [-0.3, -0.25) is 10.1 Å². The van der Waals surface area contributed by atoms with Crippen LogP contribution in [0.5, 0.6) is 0 Å². The first-order valence-corrected chi connectivity index (χ1v) is 6.06. The molecule has 1 aliphatic rings. The van der Waals surface area contributed by atoms with Crippen LogP contribution in [-0.2, 0) is 4.79 Å². The molecule has 19 heavy (non-hydrogen) atoms. The third-order valence-electron chi connectivity index (χ3n) is 3.57. The number of anilines is 1. The zero-order chi connectivity index (χ0) is 14.0. The van der Waals surface area contributed by atoms with Gasteiger partial charge in [-0.15, -0.1) is 0 Å². The number of pyridine rings is 1. The molecular weight excluding hydrogens is 250 g/mol. The molecule has 2 rings (SSSR count). The Hall–Kier alpha value is -2.18. The van der Waals surface area contributed by atoms with Crippen LogP contribution in [0, 0.1) is 10.1 Å². The number of carboxylic acids is 1. The first kappa shape index (κ1) is 13.3. The van der Waals surface area contributed by atoms with Crippen LogP contribution in [0.15, 0.2) is 18.3 Å². The minimum Gasteiger partial charge on any atom is -0.480 e. The number of piperidine rings is 1. The molecule has 0 bridgehead atoms. The molecule has 1 aliphatic heterocycles. The van der Waals surface area contributed by atoms with E-state index in [9.17, 15) is 20.0 Å². The molecule has 0 radical (unpaired) electrons.